The van der Waals surface area contributed by atoms with Crippen molar-refractivity contribution in [2.24, 2.45) is 11.8 Å². The largest absolute Gasteiger partial charge is 0.131 e. The van der Waals surface area contributed by atoms with Gasteiger partial charge in [0, 0.05) is 0 Å². The monoisotopic (exact) mass is 208 g/mol. The van der Waals surface area contributed by atoms with E-state index in [-0.39, 0.29) is 0 Å². The SMILES string of the molecule is CC(C)[C@@H]1SS[C@@H](C(C)C)S1. The van der Waals surface area contributed by atoms with Crippen LogP contribution in [0.25, 0.3) is 0 Å². The van der Waals surface area contributed by atoms with Crippen LogP contribution >= 0.6 is 33.3 Å². The Morgan fingerprint density at radius 2 is 1.18 bits per heavy atom. The van der Waals surface area contributed by atoms with Crippen molar-refractivity contribution < 1.29 is 0 Å². The first-order chi connectivity index (χ1) is 5.11. The van der Waals surface area contributed by atoms with Gasteiger partial charge in [-0.1, -0.05) is 49.3 Å². The smallest absolute Gasteiger partial charge is 0.0640 e. The summed E-state index contributed by atoms with van der Waals surface area (Å²) in [6.07, 6.45) is 0. The van der Waals surface area contributed by atoms with Gasteiger partial charge in [-0.15, -0.1) is 11.8 Å². The molecule has 1 rings (SSSR count). The molecule has 11 heavy (non-hydrogen) atoms. The minimum absolute atomic E-state index is 0.821. The Kier molecular flexibility index (Phi) is 3.99. The Balaban J connectivity index is 2.35. The second kappa shape index (κ2) is 4.33. The van der Waals surface area contributed by atoms with Gasteiger partial charge in [-0.2, -0.15) is 0 Å². The highest BCUT2D eigenvalue weighted by atomic mass is 33.1. The minimum atomic E-state index is 0.821. The molecule has 0 saturated carbocycles. The zero-order valence-electron chi connectivity index (χ0n) is 7.53. The summed E-state index contributed by atoms with van der Waals surface area (Å²) in [5.41, 5.74) is 0. The van der Waals surface area contributed by atoms with Crippen molar-refractivity contribution in [3.05, 3.63) is 0 Å². The summed E-state index contributed by atoms with van der Waals surface area (Å²) in [4.78, 5) is 0. The maximum absolute atomic E-state index is 2.31. The first-order valence-corrected chi connectivity index (χ1v) is 7.30. The van der Waals surface area contributed by atoms with E-state index in [1.54, 1.807) is 0 Å². The molecule has 66 valence electrons. The predicted molar refractivity (Wildman–Crippen MR) is 60.0 cm³/mol. The fourth-order valence-electron chi connectivity index (χ4n) is 0.824. The van der Waals surface area contributed by atoms with E-state index in [4.69, 9.17) is 0 Å². The molecule has 0 aliphatic carbocycles. The Morgan fingerprint density at radius 1 is 0.818 bits per heavy atom. The highest BCUT2D eigenvalue weighted by Gasteiger charge is 2.30. The van der Waals surface area contributed by atoms with Crippen LogP contribution in [0.3, 0.4) is 0 Å². The predicted octanol–water partition coefficient (Wildman–Crippen LogP) is 4.08. The van der Waals surface area contributed by atoms with Gasteiger partial charge in [-0.05, 0) is 11.8 Å². The van der Waals surface area contributed by atoms with Crippen molar-refractivity contribution in [2.45, 2.75) is 36.9 Å². The van der Waals surface area contributed by atoms with Gasteiger partial charge in [0.05, 0.1) is 9.16 Å². The molecule has 0 aromatic rings. The van der Waals surface area contributed by atoms with Crippen molar-refractivity contribution in [3.63, 3.8) is 0 Å². The van der Waals surface area contributed by atoms with Crippen molar-refractivity contribution in [1.82, 2.24) is 0 Å². The topological polar surface area (TPSA) is 0 Å². The third-order valence-corrected chi connectivity index (χ3v) is 8.36. The van der Waals surface area contributed by atoms with E-state index in [0.717, 1.165) is 21.0 Å². The van der Waals surface area contributed by atoms with Crippen LogP contribution in [0.15, 0.2) is 0 Å². The number of hydrogen-bond donors (Lipinski definition) is 0. The zero-order valence-corrected chi connectivity index (χ0v) is 9.98. The number of thioether (sulfide) groups is 1. The summed E-state index contributed by atoms with van der Waals surface area (Å²) >= 11 is 2.15. The molecular formula is C8H16S3. The van der Waals surface area contributed by atoms with E-state index in [9.17, 15) is 0 Å². The molecule has 3 heteroatoms. The van der Waals surface area contributed by atoms with Crippen LogP contribution in [0.1, 0.15) is 27.7 Å². The van der Waals surface area contributed by atoms with Crippen LogP contribution in [0.5, 0.6) is 0 Å². The lowest BCUT2D eigenvalue weighted by Crippen LogP contribution is -2.07. The van der Waals surface area contributed by atoms with Gasteiger partial charge < -0.3 is 0 Å². The first kappa shape index (κ1) is 10.1. The molecule has 0 spiro atoms. The summed E-state index contributed by atoms with van der Waals surface area (Å²) in [7, 11) is 4.13. The highest BCUT2D eigenvalue weighted by molar-refractivity contribution is 8.82. The summed E-state index contributed by atoms with van der Waals surface area (Å²) < 4.78 is 1.65. The van der Waals surface area contributed by atoms with Gasteiger partial charge in [-0.3, -0.25) is 0 Å². The Hall–Kier alpha value is 1.05. The lowest BCUT2D eigenvalue weighted by molar-refractivity contribution is 0.703. The fraction of sp³-hybridized carbons (Fsp3) is 1.00. The lowest BCUT2D eigenvalue weighted by atomic mass is 10.3. The van der Waals surface area contributed by atoms with Gasteiger partial charge >= 0.3 is 0 Å². The van der Waals surface area contributed by atoms with E-state index in [1.165, 1.54) is 0 Å². The molecule has 1 saturated heterocycles. The zero-order chi connectivity index (χ0) is 8.43. The van der Waals surface area contributed by atoms with Crippen LogP contribution in [-0.2, 0) is 0 Å². The third kappa shape index (κ3) is 2.78. The molecule has 1 aliphatic heterocycles. The Bertz CT molecular complexity index is 109. The van der Waals surface area contributed by atoms with Crippen molar-refractivity contribution in [1.29, 1.82) is 0 Å². The molecule has 0 amide bonds. The van der Waals surface area contributed by atoms with Gasteiger partial charge in [0.25, 0.3) is 0 Å². The summed E-state index contributed by atoms with van der Waals surface area (Å²) in [5.74, 6) is 1.64. The first-order valence-electron chi connectivity index (χ1n) is 4.09. The van der Waals surface area contributed by atoms with Gasteiger partial charge in [-0.25, -0.2) is 0 Å². The average molecular weight is 208 g/mol. The van der Waals surface area contributed by atoms with Crippen molar-refractivity contribution >= 4 is 33.3 Å². The minimum Gasteiger partial charge on any atom is -0.131 e. The standard InChI is InChI=1S/C8H16S3/c1-5(2)7-9-8(6(3)4)11-10-7/h5-8H,1-4H3/t7-,8-/m0/s1. The van der Waals surface area contributed by atoms with E-state index in [0.29, 0.717) is 0 Å². The number of hydrogen-bond acceptors (Lipinski definition) is 3. The van der Waals surface area contributed by atoms with Gasteiger partial charge in [0.2, 0.25) is 0 Å². The normalized spacial score (nSPS) is 32.2. The lowest BCUT2D eigenvalue weighted by Gasteiger charge is -2.13. The van der Waals surface area contributed by atoms with E-state index >= 15 is 0 Å². The number of rotatable bonds is 2. The highest BCUT2D eigenvalue weighted by Crippen LogP contribution is 2.55. The van der Waals surface area contributed by atoms with Gasteiger partial charge in [0.1, 0.15) is 0 Å². The molecule has 0 bridgehead atoms. The molecule has 1 fully saturated rings. The van der Waals surface area contributed by atoms with Crippen molar-refractivity contribution in [3.8, 4) is 0 Å². The molecule has 0 unspecified atom stereocenters. The van der Waals surface area contributed by atoms with Crippen LogP contribution in [0.2, 0.25) is 0 Å². The van der Waals surface area contributed by atoms with Crippen LogP contribution < -0.4 is 0 Å². The molecule has 2 atom stereocenters. The maximum atomic E-state index is 2.31. The molecule has 0 aromatic heterocycles. The molecule has 1 aliphatic rings. The van der Waals surface area contributed by atoms with Crippen molar-refractivity contribution in [2.75, 3.05) is 0 Å². The fourth-order valence-corrected chi connectivity index (χ4v) is 7.30. The molecule has 0 aromatic carbocycles. The Morgan fingerprint density at radius 3 is 1.36 bits per heavy atom. The van der Waals surface area contributed by atoms with E-state index in [2.05, 4.69) is 61.0 Å². The van der Waals surface area contributed by atoms with Gasteiger partial charge in [0.15, 0.2) is 0 Å². The summed E-state index contributed by atoms with van der Waals surface area (Å²) in [6, 6.07) is 0. The average Bonchev–Trinajstić information content (AvgIpc) is 2.33. The molecular weight excluding hydrogens is 192 g/mol. The molecule has 0 radical (unpaired) electrons. The van der Waals surface area contributed by atoms with Crippen LogP contribution in [0.4, 0.5) is 0 Å². The molecule has 0 N–H and O–H groups in total. The summed E-state index contributed by atoms with van der Waals surface area (Å²) in [6.45, 7) is 9.25. The second-order valence-electron chi connectivity index (χ2n) is 3.55. The third-order valence-electron chi connectivity index (χ3n) is 1.60. The molecule has 1 heterocycles. The molecule has 0 nitrogen and oxygen atoms in total. The second-order valence-corrected chi connectivity index (χ2v) is 7.99. The van der Waals surface area contributed by atoms with E-state index in [1.807, 2.05) is 0 Å². The quantitative estimate of drug-likeness (QED) is 0.628. The van der Waals surface area contributed by atoms with E-state index < -0.39 is 0 Å². The van der Waals surface area contributed by atoms with Crippen LogP contribution in [0, 0.1) is 11.8 Å². The summed E-state index contributed by atoms with van der Waals surface area (Å²) in [5, 5.41) is 0. The van der Waals surface area contributed by atoms with Crippen LogP contribution in [-0.4, -0.2) is 9.16 Å². The Labute approximate surface area is 82.1 Å². The maximum Gasteiger partial charge on any atom is 0.0640 e.